The van der Waals surface area contributed by atoms with Crippen molar-refractivity contribution in [3.8, 4) is 17.2 Å². The molecule has 104 valence electrons. The maximum atomic E-state index is 12.1. The second-order valence-corrected chi connectivity index (χ2v) is 5.12. The van der Waals surface area contributed by atoms with Crippen LogP contribution in [0.3, 0.4) is 0 Å². The van der Waals surface area contributed by atoms with Crippen molar-refractivity contribution in [2.45, 2.75) is 19.3 Å². The summed E-state index contributed by atoms with van der Waals surface area (Å²) < 4.78 is 16.4. The van der Waals surface area contributed by atoms with Gasteiger partial charge in [-0.15, -0.1) is 0 Å². The Kier molecular flexibility index (Phi) is 3.30. The second kappa shape index (κ2) is 4.64. The fraction of sp³-hybridized carbons (Fsp3) is 0.500. The Hall–Kier alpha value is -1.91. The van der Waals surface area contributed by atoms with Gasteiger partial charge in [-0.3, -0.25) is 4.79 Å². The lowest BCUT2D eigenvalue weighted by Crippen LogP contribution is -2.25. The average Bonchev–Trinajstić information content (AvgIpc) is 2.72. The van der Waals surface area contributed by atoms with E-state index in [4.69, 9.17) is 14.2 Å². The summed E-state index contributed by atoms with van der Waals surface area (Å²) in [6, 6.07) is 1.70. The summed E-state index contributed by atoms with van der Waals surface area (Å²) in [6.45, 7) is 4.59. The molecule has 5 nitrogen and oxygen atoms in total. The Balaban J connectivity index is 2.76. The summed E-state index contributed by atoms with van der Waals surface area (Å²) in [5.74, 6) is 1.48. The number of hydrogen-bond donors (Lipinski definition) is 1. The van der Waals surface area contributed by atoms with Crippen LogP contribution in [0.5, 0.6) is 17.2 Å². The quantitative estimate of drug-likeness (QED) is 0.904. The predicted molar refractivity (Wildman–Crippen MR) is 71.5 cm³/mol. The lowest BCUT2D eigenvalue weighted by molar-refractivity contribution is 0.0960. The number of carbonyl (C=O) groups excluding carboxylic acids is 1. The highest BCUT2D eigenvalue weighted by atomic mass is 16.5. The number of fused-ring (bicyclic) bond motifs is 1. The number of benzene rings is 1. The summed E-state index contributed by atoms with van der Waals surface area (Å²) in [5.41, 5.74) is 1.19. The first kappa shape index (κ1) is 13.5. The van der Waals surface area contributed by atoms with Gasteiger partial charge in [0.05, 0.1) is 26.4 Å². The van der Waals surface area contributed by atoms with E-state index in [1.165, 1.54) is 7.11 Å². The van der Waals surface area contributed by atoms with Gasteiger partial charge in [0.15, 0.2) is 11.5 Å². The lowest BCUT2D eigenvalue weighted by Gasteiger charge is -2.20. The Bertz CT molecular complexity index is 523. The maximum Gasteiger partial charge on any atom is 0.251 e. The fourth-order valence-corrected chi connectivity index (χ4v) is 2.41. The molecule has 5 heteroatoms. The molecule has 0 aliphatic carbocycles. The molecule has 0 atom stereocenters. The van der Waals surface area contributed by atoms with E-state index >= 15 is 0 Å². The molecule has 1 N–H and O–H groups in total. The first-order valence-electron chi connectivity index (χ1n) is 6.10. The molecule has 19 heavy (non-hydrogen) atoms. The molecule has 0 radical (unpaired) electrons. The molecule has 0 fully saturated rings. The zero-order valence-corrected chi connectivity index (χ0v) is 11.9. The Morgan fingerprint density at radius 1 is 1.37 bits per heavy atom. The third-order valence-corrected chi connectivity index (χ3v) is 3.35. The summed E-state index contributed by atoms with van der Waals surface area (Å²) in [4.78, 5) is 12.1. The molecule has 1 aromatic rings. The molecule has 0 unspecified atom stereocenters. The van der Waals surface area contributed by atoms with E-state index < -0.39 is 0 Å². The van der Waals surface area contributed by atoms with Gasteiger partial charge >= 0.3 is 0 Å². The molecular formula is C14H19NO4. The molecule has 0 aromatic heterocycles. The van der Waals surface area contributed by atoms with E-state index in [9.17, 15) is 4.79 Å². The molecule has 0 saturated carbocycles. The fourth-order valence-electron chi connectivity index (χ4n) is 2.41. The second-order valence-electron chi connectivity index (χ2n) is 5.12. The third-order valence-electron chi connectivity index (χ3n) is 3.35. The molecule has 1 aromatic carbocycles. The van der Waals surface area contributed by atoms with Gasteiger partial charge in [-0.2, -0.15) is 0 Å². The van der Waals surface area contributed by atoms with E-state index in [0.717, 1.165) is 5.56 Å². The predicted octanol–water partition coefficient (Wildman–Crippen LogP) is 1.73. The van der Waals surface area contributed by atoms with Gasteiger partial charge in [0.1, 0.15) is 0 Å². The molecule has 1 amide bonds. The van der Waals surface area contributed by atoms with Crippen LogP contribution in [0.15, 0.2) is 6.07 Å². The lowest BCUT2D eigenvalue weighted by atomic mass is 9.83. The first-order chi connectivity index (χ1) is 8.96. The van der Waals surface area contributed by atoms with Crippen LogP contribution in [0.2, 0.25) is 0 Å². The summed E-state index contributed by atoms with van der Waals surface area (Å²) >= 11 is 0. The van der Waals surface area contributed by atoms with Crippen LogP contribution in [-0.4, -0.2) is 33.8 Å². The number of rotatable bonds is 3. The molecular weight excluding hydrogens is 246 g/mol. The highest BCUT2D eigenvalue weighted by Gasteiger charge is 2.39. The Morgan fingerprint density at radius 2 is 2.05 bits per heavy atom. The van der Waals surface area contributed by atoms with Crippen molar-refractivity contribution in [1.29, 1.82) is 0 Å². The number of methoxy groups -OCH3 is 2. The topological polar surface area (TPSA) is 56.8 Å². The summed E-state index contributed by atoms with van der Waals surface area (Å²) in [7, 11) is 4.71. The zero-order valence-electron chi connectivity index (χ0n) is 11.9. The van der Waals surface area contributed by atoms with Gasteiger partial charge in [0, 0.05) is 18.0 Å². The molecule has 1 aliphatic heterocycles. The normalized spacial score (nSPS) is 15.4. The van der Waals surface area contributed by atoms with Crippen LogP contribution >= 0.6 is 0 Å². The van der Waals surface area contributed by atoms with Crippen molar-refractivity contribution in [1.82, 2.24) is 5.32 Å². The number of amides is 1. The summed E-state index contributed by atoms with van der Waals surface area (Å²) in [6.07, 6.45) is 0. The number of hydrogen-bond acceptors (Lipinski definition) is 4. The van der Waals surface area contributed by atoms with Crippen molar-refractivity contribution in [2.24, 2.45) is 0 Å². The van der Waals surface area contributed by atoms with Crippen LogP contribution in [0, 0.1) is 0 Å². The van der Waals surface area contributed by atoms with E-state index in [-0.39, 0.29) is 11.3 Å². The average molecular weight is 265 g/mol. The van der Waals surface area contributed by atoms with Crippen molar-refractivity contribution >= 4 is 5.91 Å². The smallest absolute Gasteiger partial charge is 0.251 e. The third kappa shape index (κ3) is 1.99. The minimum Gasteiger partial charge on any atom is -0.493 e. The van der Waals surface area contributed by atoms with Crippen molar-refractivity contribution < 1.29 is 19.0 Å². The van der Waals surface area contributed by atoms with Crippen LogP contribution in [0.1, 0.15) is 29.8 Å². The molecule has 1 aliphatic rings. The molecule has 1 heterocycles. The minimum absolute atomic E-state index is 0.157. The molecule has 2 rings (SSSR count). The van der Waals surface area contributed by atoms with Gasteiger partial charge in [-0.25, -0.2) is 0 Å². The highest BCUT2D eigenvalue weighted by molar-refractivity contribution is 5.98. The van der Waals surface area contributed by atoms with E-state index in [1.54, 1.807) is 20.2 Å². The Morgan fingerprint density at radius 3 is 2.58 bits per heavy atom. The van der Waals surface area contributed by atoms with Crippen molar-refractivity contribution in [3.05, 3.63) is 17.2 Å². The summed E-state index contributed by atoms with van der Waals surface area (Å²) in [5, 5.41) is 2.65. The molecule has 0 spiro atoms. The van der Waals surface area contributed by atoms with Crippen LogP contribution < -0.4 is 19.5 Å². The van der Waals surface area contributed by atoms with E-state index in [1.807, 2.05) is 13.8 Å². The number of ether oxygens (including phenoxy) is 3. The molecule has 0 saturated heterocycles. The van der Waals surface area contributed by atoms with Crippen LogP contribution in [0.4, 0.5) is 0 Å². The van der Waals surface area contributed by atoms with Gasteiger partial charge in [-0.05, 0) is 6.07 Å². The largest absolute Gasteiger partial charge is 0.493 e. The zero-order chi connectivity index (χ0) is 14.2. The minimum atomic E-state index is -0.239. The van der Waals surface area contributed by atoms with Crippen LogP contribution in [0.25, 0.3) is 0 Å². The maximum absolute atomic E-state index is 12.1. The highest BCUT2D eigenvalue weighted by Crippen LogP contribution is 2.50. The van der Waals surface area contributed by atoms with Crippen molar-refractivity contribution in [3.63, 3.8) is 0 Å². The van der Waals surface area contributed by atoms with E-state index in [2.05, 4.69) is 5.32 Å². The Labute approximate surface area is 112 Å². The van der Waals surface area contributed by atoms with Crippen molar-refractivity contribution in [2.75, 3.05) is 27.9 Å². The number of nitrogens with one attached hydrogen (secondary N) is 1. The van der Waals surface area contributed by atoms with Gasteiger partial charge in [0.2, 0.25) is 5.75 Å². The number of carbonyl (C=O) groups is 1. The molecule has 0 bridgehead atoms. The monoisotopic (exact) mass is 265 g/mol. The first-order valence-corrected chi connectivity index (χ1v) is 6.10. The standard InChI is InChI=1S/C14H19NO4/c1-14(2)7-19-12-10(14)8(13(16)15-3)6-9(17-4)11(12)18-5/h6H,7H2,1-5H3,(H,15,16). The van der Waals surface area contributed by atoms with Gasteiger partial charge < -0.3 is 19.5 Å². The van der Waals surface area contributed by atoms with E-state index in [0.29, 0.717) is 29.4 Å². The SMILES string of the molecule is CNC(=O)c1cc(OC)c(OC)c2c1C(C)(C)CO2. The van der Waals surface area contributed by atoms with Gasteiger partial charge in [-0.1, -0.05) is 13.8 Å². The van der Waals surface area contributed by atoms with Gasteiger partial charge in [0.25, 0.3) is 5.91 Å². The van der Waals surface area contributed by atoms with Crippen LogP contribution in [-0.2, 0) is 5.41 Å².